The first-order valence-electron chi connectivity index (χ1n) is 10.3. The first-order valence-corrected chi connectivity index (χ1v) is 10.3. The lowest BCUT2D eigenvalue weighted by Crippen LogP contribution is -2.31. The van der Waals surface area contributed by atoms with Gasteiger partial charge < -0.3 is 9.88 Å². The topological polar surface area (TPSA) is 79.4 Å². The minimum atomic E-state index is 0.190. The first-order chi connectivity index (χ1) is 12.9. The maximum absolute atomic E-state index is 9.30. The molecule has 1 atom stereocenters. The zero-order valence-electron chi connectivity index (χ0n) is 16.7. The van der Waals surface area contributed by atoms with Crippen LogP contribution in [0.15, 0.2) is 6.33 Å². The van der Waals surface area contributed by atoms with Crippen molar-refractivity contribution >= 4 is 17.0 Å². The molecule has 4 rings (SSSR count). The van der Waals surface area contributed by atoms with Crippen LogP contribution in [-0.2, 0) is 6.54 Å². The van der Waals surface area contributed by atoms with E-state index in [0.29, 0.717) is 28.9 Å². The highest BCUT2D eigenvalue weighted by Gasteiger charge is 2.28. The fourth-order valence-corrected chi connectivity index (χ4v) is 4.46. The summed E-state index contributed by atoms with van der Waals surface area (Å²) in [4.78, 5) is 13.3. The Hall–Kier alpha value is -2.16. The van der Waals surface area contributed by atoms with Crippen molar-refractivity contribution in [1.82, 2.24) is 19.5 Å². The van der Waals surface area contributed by atoms with E-state index in [1.807, 2.05) is 6.33 Å². The molecule has 1 N–H and O–H groups in total. The van der Waals surface area contributed by atoms with Gasteiger partial charge in [0.05, 0.1) is 6.33 Å². The van der Waals surface area contributed by atoms with Gasteiger partial charge in [0.15, 0.2) is 11.5 Å². The van der Waals surface area contributed by atoms with Crippen LogP contribution in [0, 0.1) is 28.6 Å². The summed E-state index contributed by atoms with van der Waals surface area (Å²) in [6, 6.07) is 2.43. The molecule has 2 saturated carbocycles. The van der Waals surface area contributed by atoms with Crippen molar-refractivity contribution in [1.29, 1.82) is 5.26 Å². The second-order valence-corrected chi connectivity index (χ2v) is 9.31. The van der Waals surface area contributed by atoms with Crippen LogP contribution in [0.25, 0.3) is 11.2 Å². The summed E-state index contributed by atoms with van der Waals surface area (Å²) >= 11 is 0. The molecular formula is C21H30N6. The van der Waals surface area contributed by atoms with E-state index >= 15 is 0 Å². The fraction of sp³-hybridized carbons (Fsp3) is 0.714. The normalized spacial score (nSPS) is 21.6. The summed E-state index contributed by atoms with van der Waals surface area (Å²) in [6.45, 7) is 7.91. The summed E-state index contributed by atoms with van der Waals surface area (Å²) in [7, 11) is 0. The van der Waals surface area contributed by atoms with Gasteiger partial charge in [0.2, 0.25) is 5.82 Å². The van der Waals surface area contributed by atoms with E-state index in [0.717, 1.165) is 17.9 Å². The Morgan fingerprint density at radius 2 is 2.00 bits per heavy atom. The number of hydrogen-bond acceptors (Lipinski definition) is 5. The van der Waals surface area contributed by atoms with E-state index in [-0.39, 0.29) is 5.82 Å². The molecule has 2 heterocycles. The van der Waals surface area contributed by atoms with Crippen LogP contribution < -0.4 is 5.32 Å². The molecule has 6 heteroatoms. The van der Waals surface area contributed by atoms with E-state index in [4.69, 9.17) is 0 Å². The molecule has 0 bridgehead atoms. The molecule has 0 amide bonds. The van der Waals surface area contributed by atoms with Gasteiger partial charge in [-0.3, -0.25) is 0 Å². The molecule has 2 aromatic heterocycles. The molecule has 0 radical (unpaired) electrons. The minimum absolute atomic E-state index is 0.190. The molecule has 6 nitrogen and oxygen atoms in total. The maximum atomic E-state index is 9.30. The van der Waals surface area contributed by atoms with E-state index in [1.54, 1.807) is 0 Å². The third-order valence-electron chi connectivity index (χ3n) is 6.71. The molecule has 0 aromatic carbocycles. The van der Waals surface area contributed by atoms with E-state index in [2.05, 4.69) is 51.7 Å². The van der Waals surface area contributed by atoms with Gasteiger partial charge in [-0.1, -0.05) is 20.3 Å². The summed E-state index contributed by atoms with van der Waals surface area (Å²) < 4.78 is 2.20. The number of anilines is 1. The molecule has 0 saturated heterocycles. The highest BCUT2D eigenvalue weighted by atomic mass is 15.2. The van der Waals surface area contributed by atoms with Gasteiger partial charge in [0.1, 0.15) is 11.6 Å². The van der Waals surface area contributed by atoms with E-state index in [9.17, 15) is 5.26 Å². The second-order valence-electron chi connectivity index (χ2n) is 9.31. The van der Waals surface area contributed by atoms with Gasteiger partial charge in [-0.25, -0.2) is 4.98 Å². The lowest BCUT2D eigenvalue weighted by Gasteiger charge is -2.34. The number of nitrogens with zero attached hydrogens (tertiary/aromatic N) is 5. The lowest BCUT2D eigenvalue weighted by molar-refractivity contribution is 0.180. The largest absolute Gasteiger partial charge is 0.365 e. The Labute approximate surface area is 161 Å². The van der Waals surface area contributed by atoms with Crippen LogP contribution in [0.4, 0.5) is 5.82 Å². The highest BCUT2D eigenvalue weighted by Crippen LogP contribution is 2.39. The Morgan fingerprint density at radius 1 is 1.26 bits per heavy atom. The van der Waals surface area contributed by atoms with Crippen molar-refractivity contribution in [2.24, 2.45) is 17.3 Å². The average Bonchev–Trinajstić information content (AvgIpc) is 2.98. The molecule has 2 fully saturated rings. The third kappa shape index (κ3) is 3.78. The lowest BCUT2D eigenvalue weighted by atomic mass is 9.73. The monoisotopic (exact) mass is 366 g/mol. The second kappa shape index (κ2) is 7.10. The SMILES string of the molecule is CC(Nc1nc(C#N)nc2ncn(CC3CCC(C)(C)CC3)c12)C1CCC1. The van der Waals surface area contributed by atoms with Crippen molar-refractivity contribution in [3.8, 4) is 6.07 Å². The van der Waals surface area contributed by atoms with Crippen molar-refractivity contribution < 1.29 is 0 Å². The summed E-state index contributed by atoms with van der Waals surface area (Å²) in [5.41, 5.74) is 2.05. The molecule has 144 valence electrons. The number of aromatic nitrogens is 4. The number of hydrogen-bond donors (Lipinski definition) is 1. The molecule has 27 heavy (non-hydrogen) atoms. The van der Waals surface area contributed by atoms with Crippen LogP contribution in [0.1, 0.15) is 71.5 Å². The van der Waals surface area contributed by atoms with Crippen LogP contribution >= 0.6 is 0 Å². The molecule has 2 aliphatic rings. The number of fused-ring (bicyclic) bond motifs is 1. The summed E-state index contributed by atoms with van der Waals surface area (Å²) in [5.74, 6) is 2.32. The van der Waals surface area contributed by atoms with E-state index < -0.39 is 0 Å². The Bertz CT molecular complexity index is 847. The Kier molecular flexibility index (Phi) is 4.79. The molecule has 1 unspecified atom stereocenters. The first kappa shape index (κ1) is 18.2. The van der Waals surface area contributed by atoms with Gasteiger partial charge in [-0.05, 0) is 62.7 Å². The van der Waals surface area contributed by atoms with Gasteiger partial charge in [-0.2, -0.15) is 15.2 Å². The van der Waals surface area contributed by atoms with Crippen LogP contribution in [0.2, 0.25) is 0 Å². The zero-order chi connectivity index (χ0) is 19.0. The molecular weight excluding hydrogens is 336 g/mol. The van der Waals surface area contributed by atoms with Crippen molar-refractivity contribution in [3.63, 3.8) is 0 Å². The fourth-order valence-electron chi connectivity index (χ4n) is 4.46. The predicted octanol–water partition coefficient (Wildman–Crippen LogP) is 4.51. The predicted molar refractivity (Wildman–Crippen MR) is 106 cm³/mol. The maximum Gasteiger partial charge on any atom is 0.236 e. The molecule has 0 aliphatic heterocycles. The number of imidazole rings is 1. The number of nitriles is 1. The van der Waals surface area contributed by atoms with E-state index in [1.165, 1.54) is 44.9 Å². The van der Waals surface area contributed by atoms with Gasteiger partial charge >= 0.3 is 0 Å². The number of rotatable bonds is 5. The molecule has 2 aromatic rings. The van der Waals surface area contributed by atoms with Crippen LogP contribution in [-0.4, -0.2) is 25.6 Å². The van der Waals surface area contributed by atoms with Crippen LogP contribution in [0.5, 0.6) is 0 Å². The summed E-state index contributed by atoms with van der Waals surface area (Å²) in [6.07, 6.45) is 10.8. The Balaban J connectivity index is 1.60. The third-order valence-corrected chi connectivity index (χ3v) is 6.71. The van der Waals surface area contributed by atoms with Crippen molar-refractivity contribution in [2.75, 3.05) is 5.32 Å². The number of nitrogens with one attached hydrogen (secondary N) is 1. The van der Waals surface area contributed by atoms with Crippen molar-refractivity contribution in [3.05, 3.63) is 12.2 Å². The van der Waals surface area contributed by atoms with Gasteiger partial charge in [0, 0.05) is 12.6 Å². The standard InChI is InChI=1S/C21H30N6/c1-14(16-5-4-6-16)24-20-18-19(25-17(11-22)26-20)23-13-27(18)12-15-7-9-21(2,3)10-8-15/h13-16H,4-10,12H2,1-3H3,(H,24,25,26). The van der Waals surface area contributed by atoms with Gasteiger partial charge in [0.25, 0.3) is 0 Å². The van der Waals surface area contributed by atoms with Gasteiger partial charge in [-0.15, -0.1) is 0 Å². The molecule has 0 spiro atoms. The molecule has 2 aliphatic carbocycles. The summed E-state index contributed by atoms with van der Waals surface area (Å²) in [5, 5.41) is 12.9. The highest BCUT2D eigenvalue weighted by molar-refractivity contribution is 5.83. The minimum Gasteiger partial charge on any atom is -0.365 e. The zero-order valence-corrected chi connectivity index (χ0v) is 16.7. The smallest absolute Gasteiger partial charge is 0.236 e. The van der Waals surface area contributed by atoms with Crippen molar-refractivity contribution in [2.45, 2.75) is 78.3 Å². The van der Waals surface area contributed by atoms with Crippen LogP contribution in [0.3, 0.4) is 0 Å². The average molecular weight is 367 g/mol. The Morgan fingerprint density at radius 3 is 2.63 bits per heavy atom. The quantitative estimate of drug-likeness (QED) is 0.842.